The van der Waals surface area contributed by atoms with Crippen LogP contribution < -0.4 is 10.6 Å². The van der Waals surface area contributed by atoms with E-state index in [9.17, 15) is 0 Å². The first-order chi connectivity index (χ1) is 10.2. The van der Waals surface area contributed by atoms with Gasteiger partial charge >= 0.3 is 0 Å². The predicted octanol–water partition coefficient (Wildman–Crippen LogP) is 4.26. The number of rotatable bonds is 1. The minimum Gasteiger partial charge on any atom is -0.335 e. The molecule has 0 aliphatic carbocycles. The Morgan fingerprint density at radius 1 is 1.14 bits per heavy atom. The van der Waals surface area contributed by atoms with E-state index in [0.29, 0.717) is 0 Å². The molecule has 2 heterocycles. The first-order valence-corrected chi connectivity index (χ1v) is 7.33. The SMILES string of the molecule is C=C/C=c1\c(=C)c2cccc3c2n1CC3=C.C=CC.CC. The molecular formula is C20H25N. The third-order valence-electron chi connectivity index (χ3n) is 3.24. The number of allylic oxidation sites excluding steroid dienone is 3. The van der Waals surface area contributed by atoms with Crippen LogP contribution >= 0.6 is 0 Å². The molecule has 0 saturated heterocycles. The summed E-state index contributed by atoms with van der Waals surface area (Å²) in [6.45, 7) is 22.2. The Morgan fingerprint density at radius 3 is 2.33 bits per heavy atom. The van der Waals surface area contributed by atoms with Crippen LogP contribution in [-0.2, 0) is 6.54 Å². The van der Waals surface area contributed by atoms with Crippen molar-refractivity contribution in [2.24, 2.45) is 0 Å². The van der Waals surface area contributed by atoms with Crippen molar-refractivity contribution in [2.45, 2.75) is 27.3 Å². The smallest absolute Gasteiger partial charge is 0.0571 e. The van der Waals surface area contributed by atoms with Crippen LogP contribution in [0.4, 0.5) is 0 Å². The fourth-order valence-corrected chi connectivity index (χ4v) is 2.53. The number of hydrogen-bond donors (Lipinski definition) is 0. The van der Waals surface area contributed by atoms with Crippen LogP contribution in [-0.4, -0.2) is 4.57 Å². The lowest BCUT2D eigenvalue weighted by molar-refractivity contribution is 0.872. The molecule has 21 heavy (non-hydrogen) atoms. The van der Waals surface area contributed by atoms with Crippen LogP contribution in [0.2, 0.25) is 0 Å². The predicted molar refractivity (Wildman–Crippen MR) is 97.6 cm³/mol. The summed E-state index contributed by atoms with van der Waals surface area (Å²) in [5.41, 5.74) is 3.70. The second-order valence-corrected chi connectivity index (χ2v) is 4.57. The molecule has 2 aromatic rings. The van der Waals surface area contributed by atoms with Crippen molar-refractivity contribution < 1.29 is 0 Å². The Kier molecular flexibility index (Phi) is 5.98. The van der Waals surface area contributed by atoms with E-state index in [2.05, 4.69) is 49.1 Å². The van der Waals surface area contributed by atoms with Gasteiger partial charge in [-0.3, -0.25) is 0 Å². The van der Waals surface area contributed by atoms with Gasteiger partial charge in [0.2, 0.25) is 0 Å². The second-order valence-electron chi connectivity index (χ2n) is 4.57. The van der Waals surface area contributed by atoms with Crippen LogP contribution in [0.15, 0.2) is 50.1 Å². The summed E-state index contributed by atoms with van der Waals surface area (Å²) in [6.07, 6.45) is 5.58. The van der Waals surface area contributed by atoms with Gasteiger partial charge < -0.3 is 4.57 Å². The average molecular weight is 279 g/mol. The average Bonchev–Trinajstić information content (AvgIpc) is 2.96. The molecule has 1 aromatic carbocycles. The molecule has 0 fully saturated rings. The van der Waals surface area contributed by atoms with Gasteiger partial charge in [-0.25, -0.2) is 0 Å². The van der Waals surface area contributed by atoms with Crippen LogP contribution in [0.25, 0.3) is 29.1 Å². The van der Waals surface area contributed by atoms with Crippen molar-refractivity contribution in [3.8, 4) is 0 Å². The number of aromatic nitrogens is 1. The highest BCUT2D eigenvalue weighted by Crippen LogP contribution is 2.29. The summed E-state index contributed by atoms with van der Waals surface area (Å²) >= 11 is 0. The molecule has 1 heteroatoms. The van der Waals surface area contributed by atoms with Crippen LogP contribution in [0.3, 0.4) is 0 Å². The van der Waals surface area contributed by atoms with Crippen molar-refractivity contribution in [2.75, 3.05) is 0 Å². The minimum atomic E-state index is 0.866. The van der Waals surface area contributed by atoms with E-state index in [4.69, 9.17) is 0 Å². The Bertz CT molecular complexity index is 772. The molecule has 0 N–H and O–H groups in total. The molecule has 1 aliphatic heterocycles. The Labute approximate surface area is 127 Å². The molecule has 0 atom stereocenters. The summed E-state index contributed by atoms with van der Waals surface area (Å²) in [5, 5.41) is 3.46. The number of para-hydroxylation sites is 1. The number of nitrogens with zero attached hydrogens (tertiary/aromatic N) is 1. The minimum absolute atomic E-state index is 0.866. The molecule has 3 rings (SSSR count). The molecule has 1 aromatic heterocycles. The van der Waals surface area contributed by atoms with Gasteiger partial charge in [0.05, 0.1) is 5.52 Å². The summed E-state index contributed by atoms with van der Waals surface area (Å²) in [5.74, 6) is 0. The van der Waals surface area contributed by atoms with E-state index in [-0.39, 0.29) is 0 Å². The van der Waals surface area contributed by atoms with E-state index < -0.39 is 0 Å². The van der Waals surface area contributed by atoms with Crippen LogP contribution in [0.5, 0.6) is 0 Å². The molecule has 1 nitrogen and oxygen atoms in total. The lowest BCUT2D eigenvalue weighted by atomic mass is 10.1. The summed E-state index contributed by atoms with van der Waals surface area (Å²) in [4.78, 5) is 0. The number of hydrogen-bond acceptors (Lipinski definition) is 0. The highest BCUT2D eigenvalue weighted by Gasteiger charge is 2.18. The molecule has 0 bridgehead atoms. The Balaban J connectivity index is 0.000000395. The molecule has 1 aliphatic rings. The lowest BCUT2D eigenvalue weighted by Crippen LogP contribution is -2.27. The monoisotopic (exact) mass is 279 g/mol. The van der Waals surface area contributed by atoms with Crippen molar-refractivity contribution in [3.05, 3.63) is 66.2 Å². The largest absolute Gasteiger partial charge is 0.335 e. The third kappa shape index (κ3) is 2.92. The zero-order valence-corrected chi connectivity index (χ0v) is 13.4. The standard InChI is InChI=1S/C15H13N.C3H6.C2H6/c1-4-6-14-11(3)13-8-5-7-12-10(2)9-16(14)15(12)13;1-3-2;1-2/h4-8H,1-3,9H2;3H,1H2,2H3;1-2H3/b14-6+;;. The van der Waals surface area contributed by atoms with E-state index >= 15 is 0 Å². The zero-order valence-electron chi connectivity index (χ0n) is 13.4. The van der Waals surface area contributed by atoms with E-state index in [1.54, 1.807) is 6.08 Å². The molecule has 0 spiro atoms. The molecule has 0 amide bonds. The van der Waals surface area contributed by atoms with Gasteiger partial charge in [0, 0.05) is 28.1 Å². The van der Waals surface area contributed by atoms with Crippen molar-refractivity contribution in [1.29, 1.82) is 0 Å². The fourth-order valence-electron chi connectivity index (χ4n) is 2.53. The summed E-state index contributed by atoms with van der Waals surface area (Å²) < 4.78 is 2.27. The number of benzene rings is 1. The molecule has 0 radical (unpaired) electrons. The first-order valence-electron chi connectivity index (χ1n) is 7.33. The third-order valence-corrected chi connectivity index (χ3v) is 3.24. The maximum absolute atomic E-state index is 4.16. The molecular weight excluding hydrogens is 254 g/mol. The lowest BCUT2D eigenvalue weighted by Gasteiger charge is -1.96. The highest BCUT2D eigenvalue weighted by molar-refractivity contribution is 5.95. The van der Waals surface area contributed by atoms with Gasteiger partial charge in [-0.1, -0.05) is 63.9 Å². The van der Waals surface area contributed by atoms with Crippen LogP contribution in [0.1, 0.15) is 26.3 Å². The van der Waals surface area contributed by atoms with Gasteiger partial charge in [0.25, 0.3) is 0 Å². The summed E-state index contributed by atoms with van der Waals surface area (Å²) in [6, 6.07) is 6.33. The molecule has 0 saturated carbocycles. The van der Waals surface area contributed by atoms with Crippen molar-refractivity contribution in [3.63, 3.8) is 0 Å². The van der Waals surface area contributed by atoms with Gasteiger partial charge in [-0.05, 0) is 18.6 Å². The van der Waals surface area contributed by atoms with Gasteiger partial charge in [0.15, 0.2) is 0 Å². The topological polar surface area (TPSA) is 4.93 Å². The van der Waals surface area contributed by atoms with Gasteiger partial charge in [0.1, 0.15) is 0 Å². The summed E-state index contributed by atoms with van der Waals surface area (Å²) in [7, 11) is 0. The molecule has 110 valence electrons. The van der Waals surface area contributed by atoms with Crippen LogP contribution in [0, 0.1) is 0 Å². The second kappa shape index (κ2) is 7.49. The maximum atomic E-state index is 4.16. The normalized spacial score (nSPS) is 12.3. The van der Waals surface area contributed by atoms with Gasteiger partial charge in [-0.15, -0.1) is 6.58 Å². The highest BCUT2D eigenvalue weighted by atomic mass is 15.0. The first kappa shape index (κ1) is 16.8. The Hall–Kier alpha value is -2.28. The van der Waals surface area contributed by atoms with E-state index in [0.717, 1.165) is 17.1 Å². The quantitative estimate of drug-likeness (QED) is 0.687. The Morgan fingerprint density at radius 2 is 1.76 bits per heavy atom. The van der Waals surface area contributed by atoms with E-state index in [1.165, 1.54) is 22.0 Å². The zero-order chi connectivity index (χ0) is 16.0. The maximum Gasteiger partial charge on any atom is 0.0571 e. The van der Waals surface area contributed by atoms with E-state index in [1.807, 2.05) is 32.9 Å². The fraction of sp³-hybridized carbons (Fsp3) is 0.200. The van der Waals surface area contributed by atoms with Gasteiger partial charge in [-0.2, -0.15) is 0 Å². The van der Waals surface area contributed by atoms with Crippen molar-refractivity contribution >= 4 is 29.1 Å². The van der Waals surface area contributed by atoms with Crippen molar-refractivity contribution in [1.82, 2.24) is 4.57 Å². The molecule has 0 unspecified atom stereocenters.